The highest BCUT2D eigenvalue weighted by Crippen LogP contribution is 2.29. The Balaban J connectivity index is 1.97. The highest BCUT2D eigenvalue weighted by Gasteiger charge is 2.27. The van der Waals surface area contributed by atoms with E-state index in [-0.39, 0.29) is 10.9 Å². The number of hydrogen-bond acceptors (Lipinski definition) is 7. The van der Waals surface area contributed by atoms with E-state index in [2.05, 4.69) is 4.98 Å². The number of esters is 1. The van der Waals surface area contributed by atoms with Gasteiger partial charge in [-0.15, -0.1) is 0 Å². The van der Waals surface area contributed by atoms with Crippen molar-refractivity contribution < 1.29 is 22.7 Å². The molecule has 1 aliphatic rings. The second-order valence-electron chi connectivity index (χ2n) is 6.09. The van der Waals surface area contributed by atoms with Crippen LogP contribution < -0.4 is 0 Å². The number of ether oxygens (including phenoxy) is 2. The Morgan fingerprint density at radius 3 is 2.70 bits per heavy atom. The number of aromatic nitrogens is 2. The molecule has 148 valence electrons. The number of sulfonamides is 1. The average molecular weight is 414 g/mol. The second-order valence-corrected chi connectivity index (χ2v) is 9.33. The number of morpholine rings is 1. The summed E-state index contributed by atoms with van der Waals surface area (Å²) in [5.74, 6) is -0.328. The Bertz CT molecular complexity index is 935. The van der Waals surface area contributed by atoms with Crippen LogP contribution in [0.2, 0.25) is 0 Å². The van der Waals surface area contributed by atoms with Gasteiger partial charge in [0.15, 0.2) is 5.16 Å². The van der Waals surface area contributed by atoms with E-state index in [1.54, 1.807) is 25.1 Å². The number of imidazole rings is 1. The van der Waals surface area contributed by atoms with Gasteiger partial charge in [-0.25, -0.2) is 13.4 Å². The van der Waals surface area contributed by atoms with Gasteiger partial charge in [0.2, 0.25) is 10.0 Å². The van der Waals surface area contributed by atoms with Crippen molar-refractivity contribution in [3.63, 3.8) is 0 Å². The number of nitrogens with zero attached hydrogens (tertiary/aromatic N) is 3. The van der Waals surface area contributed by atoms with Gasteiger partial charge in [-0.3, -0.25) is 4.79 Å². The van der Waals surface area contributed by atoms with Crippen molar-refractivity contribution in [2.45, 2.75) is 35.7 Å². The first-order chi connectivity index (χ1) is 12.9. The third kappa shape index (κ3) is 3.98. The number of thioether (sulfide) groups is 1. The highest BCUT2D eigenvalue weighted by atomic mass is 32.2. The van der Waals surface area contributed by atoms with Crippen LogP contribution in [0.3, 0.4) is 0 Å². The lowest BCUT2D eigenvalue weighted by atomic mass is 10.3. The molecule has 1 aromatic heterocycles. The molecule has 1 aliphatic heterocycles. The quantitative estimate of drug-likeness (QED) is 0.526. The maximum Gasteiger partial charge on any atom is 0.318 e. The molecule has 1 atom stereocenters. The topological polar surface area (TPSA) is 90.7 Å². The number of carbonyl (C=O) groups is 1. The number of carbonyl (C=O) groups excluding carboxylic acids is 1. The van der Waals surface area contributed by atoms with E-state index in [0.717, 1.165) is 5.52 Å². The summed E-state index contributed by atoms with van der Waals surface area (Å²) < 4.78 is 39.1. The Kier molecular flexibility index (Phi) is 6.09. The molecule has 0 aliphatic carbocycles. The lowest BCUT2D eigenvalue weighted by molar-refractivity contribution is -0.139. The smallest absolute Gasteiger partial charge is 0.318 e. The summed E-state index contributed by atoms with van der Waals surface area (Å²) in [6, 6.07) is 4.98. The Morgan fingerprint density at radius 2 is 2.07 bits per heavy atom. The molecule has 0 bridgehead atoms. The standard InChI is InChI=1S/C17H23N3O5S2/c1-4-20-15-6-5-13(27(22,23)19-7-9-25-10-8-19)11-14(15)18-17(20)26-12(2)16(21)24-3/h5-6,11-12H,4,7-10H2,1-3H3/t12-/m0/s1. The fourth-order valence-corrected chi connectivity index (χ4v) is 5.39. The van der Waals surface area contributed by atoms with E-state index >= 15 is 0 Å². The number of fused-ring (bicyclic) bond motifs is 1. The van der Waals surface area contributed by atoms with Crippen LogP contribution in [0.4, 0.5) is 0 Å². The summed E-state index contributed by atoms with van der Waals surface area (Å²) in [7, 11) is -2.23. The molecule has 1 aromatic carbocycles. The monoisotopic (exact) mass is 413 g/mol. The Morgan fingerprint density at radius 1 is 1.37 bits per heavy atom. The van der Waals surface area contributed by atoms with E-state index < -0.39 is 15.3 Å². The van der Waals surface area contributed by atoms with E-state index in [1.165, 1.54) is 23.2 Å². The molecule has 0 amide bonds. The normalized spacial score (nSPS) is 17.1. The van der Waals surface area contributed by atoms with E-state index in [1.807, 2.05) is 11.5 Å². The number of aryl methyl sites for hydroxylation is 1. The molecule has 0 radical (unpaired) electrons. The molecular weight excluding hydrogens is 390 g/mol. The average Bonchev–Trinajstić information content (AvgIpc) is 3.03. The zero-order chi connectivity index (χ0) is 19.6. The summed E-state index contributed by atoms with van der Waals surface area (Å²) in [6.45, 7) is 5.89. The van der Waals surface area contributed by atoms with E-state index in [0.29, 0.717) is 43.5 Å². The SMILES string of the molecule is CCn1c(S[C@@H](C)C(=O)OC)nc2cc(S(=O)(=O)N3CCOCC3)ccc21. The summed E-state index contributed by atoms with van der Waals surface area (Å²) in [4.78, 5) is 16.5. The molecule has 0 saturated carbocycles. The minimum Gasteiger partial charge on any atom is -0.468 e. The molecule has 1 fully saturated rings. The number of methoxy groups -OCH3 is 1. The molecule has 0 unspecified atom stereocenters. The van der Waals surface area contributed by atoms with Crippen molar-refractivity contribution in [2.24, 2.45) is 0 Å². The molecule has 10 heteroatoms. The second kappa shape index (κ2) is 8.17. The van der Waals surface area contributed by atoms with Crippen molar-refractivity contribution in [3.8, 4) is 0 Å². The van der Waals surface area contributed by atoms with Crippen LogP contribution in [-0.4, -0.2) is 66.9 Å². The first-order valence-electron chi connectivity index (χ1n) is 8.71. The largest absolute Gasteiger partial charge is 0.468 e. The van der Waals surface area contributed by atoms with Gasteiger partial charge >= 0.3 is 5.97 Å². The van der Waals surface area contributed by atoms with Crippen LogP contribution >= 0.6 is 11.8 Å². The maximum atomic E-state index is 12.9. The molecule has 0 spiro atoms. The van der Waals surface area contributed by atoms with Crippen molar-refractivity contribution in [3.05, 3.63) is 18.2 Å². The predicted molar refractivity (Wildman–Crippen MR) is 102 cm³/mol. The number of benzene rings is 1. The summed E-state index contributed by atoms with van der Waals surface area (Å²) in [6.07, 6.45) is 0. The molecule has 3 rings (SSSR count). The summed E-state index contributed by atoms with van der Waals surface area (Å²) >= 11 is 1.30. The third-order valence-corrected chi connectivity index (χ3v) is 7.39. The van der Waals surface area contributed by atoms with Gasteiger partial charge in [0.1, 0.15) is 5.25 Å². The number of hydrogen-bond donors (Lipinski definition) is 0. The summed E-state index contributed by atoms with van der Waals surface area (Å²) in [5, 5.41) is 0.250. The first kappa shape index (κ1) is 20.1. The van der Waals surface area contributed by atoms with Gasteiger partial charge in [-0.1, -0.05) is 11.8 Å². The molecule has 27 heavy (non-hydrogen) atoms. The van der Waals surface area contributed by atoms with Gasteiger partial charge in [0.05, 0.1) is 36.3 Å². The zero-order valence-corrected chi connectivity index (χ0v) is 17.2. The van der Waals surface area contributed by atoms with Crippen LogP contribution in [0.5, 0.6) is 0 Å². The zero-order valence-electron chi connectivity index (χ0n) is 15.5. The minimum absolute atomic E-state index is 0.218. The van der Waals surface area contributed by atoms with Crippen molar-refractivity contribution in [1.29, 1.82) is 0 Å². The first-order valence-corrected chi connectivity index (χ1v) is 11.0. The van der Waals surface area contributed by atoms with Crippen molar-refractivity contribution in [2.75, 3.05) is 33.4 Å². The minimum atomic E-state index is -3.58. The van der Waals surface area contributed by atoms with Crippen LogP contribution in [0.25, 0.3) is 11.0 Å². The van der Waals surface area contributed by atoms with Crippen LogP contribution in [0.15, 0.2) is 28.3 Å². The Hall–Kier alpha value is -1.62. The van der Waals surface area contributed by atoms with E-state index in [9.17, 15) is 13.2 Å². The third-order valence-electron chi connectivity index (χ3n) is 4.42. The fraction of sp³-hybridized carbons (Fsp3) is 0.529. The van der Waals surface area contributed by atoms with Crippen LogP contribution in [0, 0.1) is 0 Å². The van der Waals surface area contributed by atoms with Gasteiger partial charge in [-0.05, 0) is 32.0 Å². The lowest BCUT2D eigenvalue weighted by Gasteiger charge is -2.26. The lowest BCUT2D eigenvalue weighted by Crippen LogP contribution is -2.40. The predicted octanol–water partition coefficient (Wildman–Crippen LogP) is 1.73. The van der Waals surface area contributed by atoms with Crippen LogP contribution in [0.1, 0.15) is 13.8 Å². The highest BCUT2D eigenvalue weighted by molar-refractivity contribution is 8.00. The van der Waals surface area contributed by atoms with Gasteiger partial charge < -0.3 is 14.0 Å². The van der Waals surface area contributed by atoms with E-state index in [4.69, 9.17) is 9.47 Å². The summed E-state index contributed by atoms with van der Waals surface area (Å²) in [5.41, 5.74) is 1.42. The number of rotatable bonds is 6. The van der Waals surface area contributed by atoms with Gasteiger partial charge in [0.25, 0.3) is 0 Å². The van der Waals surface area contributed by atoms with Gasteiger partial charge in [-0.2, -0.15) is 4.31 Å². The molecule has 2 aromatic rings. The van der Waals surface area contributed by atoms with Crippen LogP contribution in [-0.2, 0) is 30.8 Å². The molecule has 1 saturated heterocycles. The van der Waals surface area contributed by atoms with Crippen molar-refractivity contribution >= 4 is 38.8 Å². The fourth-order valence-electron chi connectivity index (χ4n) is 2.95. The molecule has 8 nitrogen and oxygen atoms in total. The molecule has 0 N–H and O–H groups in total. The maximum absolute atomic E-state index is 12.9. The molecular formula is C17H23N3O5S2. The van der Waals surface area contributed by atoms with Gasteiger partial charge in [0, 0.05) is 19.6 Å². The molecule has 2 heterocycles. The Labute approximate surface area is 162 Å². The van der Waals surface area contributed by atoms with Crippen molar-refractivity contribution in [1.82, 2.24) is 13.9 Å².